The summed E-state index contributed by atoms with van der Waals surface area (Å²) < 4.78 is 0. The van der Waals surface area contributed by atoms with Crippen molar-refractivity contribution in [3.63, 3.8) is 0 Å². The highest BCUT2D eigenvalue weighted by Crippen LogP contribution is 2.38. The summed E-state index contributed by atoms with van der Waals surface area (Å²) in [6.07, 6.45) is 4.76. The first-order chi connectivity index (χ1) is 14.7. The molecule has 0 fully saturated rings. The van der Waals surface area contributed by atoms with E-state index in [1.165, 1.54) is 6.20 Å². The first kappa shape index (κ1) is 21.0. The number of benzene rings is 2. The van der Waals surface area contributed by atoms with Crippen LogP contribution in [0.1, 0.15) is 36.6 Å². The quantitative estimate of drug-likeness (QED) is 0.456. The third kappa shape index (κ3) is 4.17. The molecule has 0 aliphatic carbocycles. The van der Waals surface area contributed by atoms with Crippen LogP contribution in [0.5, 0.6) is 5.75 Å². The van der Waals surface area contributed by atoms with Gasteiger partial charge >= 0.3 is 0 Å². The largest absolute Gasteiger partial charge is 0.505 e. The van der Waals surface area contributed by atoms with Gasteiger partial charge in [-0.3, -0.25) is 4.98 Å². The van der Waals surface area contributed by atoms with E-state index in [0.29, 0.717) is 38.6 Å². The van der Waals surface area contributed by atoms with E-state index in [1.54, 1.807) is 36.7 Å². The number of aromatic hydroxyl groups is 1. The molecule has 30 heavy (non-hydrogen) atoms. The molecule has 1 atom stereocenters. The van der Waals surface area contributed by atoms with Crippen molar-refractivity contribution >= 4 is 28.5 Å². The van der Waals surface area contributed by atoms with E-state index in [2.05, 4.69) is 26.3 Å². The van der Waals surface area contributed by atoms with E-state index in [0.717, 1.165) is 0 Å². The number of aromatic nitrogens is 3. The van der Waals surface area contributed by atoms with Gasteiger partial charge in [0, 0.05) is 24.2 Å². The Morgan fingerprint density at radius 1 is 0.933 bits per heavy atom. The molecule has 0 aliphatic rings. The minimum absolute atomic E-state index is 0.00235. The van der Waals surface area contributed by atoms with Crippen LogP contribution in [-0.2, 0) is 0 Å². The second-order valence-electron chi connectivity index (χ2n) is 6.04. The number of nitrogens with zero attached hydrogens (tertiary/aromatic N) is 4. The predicted molar refractivity (Wildman–Crippen MR) is 118 cm³/mol. The van der Waals surface area contributed by atoms with Gasteiger partial charge in [-0.1, -0.05) is 49.7 Å². The highest BCUT2D eigenvalue weighted by molar-refractivity contribution is 6.32. The molecule has 0 aliphatic heterocycles. The number of rotatable bonds is 4. The second-order valence-corrected chi connectivity index (χ2v) is 6.42. The molecule has 2 heterocycles. The lowest BCUT2D eigenvalue weighted by Crippen LogP contribution is -2.14. The fourth-order valence-electron chi connectivity index (χ4n) is 3.05. The maximum Gasteiger partial charge on any atom is 0.149 e. The molecular formula is C23H20ClN5O. The Hall–Kier alpha value is -3.69. The number of nitriles is 1. The number of halogens is 1. The van der Waals surface area contributed by atoms with Gasteiger partial charge in [0.05, 0.1) is 22.1 Å². The Bertz CT molecular complexity index is 1190. The maximum absolute atomic E-state index is 10.9. The van der Waals surface area contributed by atoms with E-state index >= 15 is 0 Å². The van der Waals surface area contributed by atoms with E-state index < -0.39 is 6.04 Å². The van der Waals surface area contributed by atoms with Crippen LogP contribution in [0, 0.1) is 11.3 Å². The summed E-state index contributed by atoms with van der Waals surface area (Å²) in [5, 5.41) is 23.9. The van der Waals surface area contributed by atoms with E-state index in [9.17, 15) is 10.4 Å². The fraction of sp³-hybridized carbons (Fsp3) is 0.130. The summed E-state index contributed by atoms with van der Waals surface area (Å²) in [7, 11) is 0. The lowest BCUT2D eigenvalue weighted by atomic mass is 9.95. The van der Waals surface area contributed by atoms with E-state index in [1.807, 2.05) is 38.1 Å². The van der Waals surface area contributed by atoms with Crippen LogP contribution < -0.4 is 5.32 Å². The number of anilines is 1. The molecule has 2 N–H and O–H groups in total. The second kappa shape index (κ2) is 9.68. The zero-order valence-corrected chi connectivity index (χ0v) is 17.3. The average Bonchev–Trinajstić information content (AvgIpc) is 2.81. The van der Waals surface area contributed by atoms with Crippen molar-refractivity contribution in [3.8, 4) is 11.8 Å². The molecule has 6 nitrogen and oxygen atoms in total. The molecule has 0 saturated carbocycles. The highest BCUT2D eigenvalue weighted by Gasteiger charge is 2.23. The monoisotopic (exact) mass is 417 g/mol. The Kier molecular flexibility index (Phi) is 6.79. The maximum atomic E-state index is 10.9. The van der Waals surface area contributed by atoms with Gasteiger partial charge in [0.2, 0.25) is 0 Å². The Morgan fingerprint density at radius 3 is 2.47 bits per heavy atom. The molecule has 0 spiro atoms. The van der Waals surface area contributed by atoms with Gasteiger partial charge in [-0.2, -0.15) is 5.26 Å². The molecule has 150 valence electrons. The molecule has 4 aromatic rings. The predicted octanol–water partition coefficient (Wildman–Crippen LogP) is 5.48. The molecule has 2 aromatic heterocycles. The zero-order valence-electron chi connectivity index (χ0n) is 16.5. The topological polar surface area (TPSA) is 94.7 Å². The standard InChI is InChI=1S/C21H14ClN5O.C2H6/c22-18-13(12-23)4-3-5-14(18)19(27-17-6-1-2-9-25-17)15-7-8-16-20(21(15)28)26-11-10-24-16;1-2/h1-11,19,28H,(H,25,27);1-2H3. The summed E-state index contributed by atoms with van der Waals surface area (Å²) in [6.45, 7) is 4.00. The van der Waals surface area contributed by atoms with Crippen LogP contribution in [0.2, 0.25) is 5.02 Å². The van der Waals surface area contributed by atoms with Gasteiger partial charge in [-0.05, 0) is 29.8 Å². The Balaban J connectivity index is 0.00000124. The van der Waals surface area contributed by atoms with Crippen LogP contribution in [0.3, 0.4) is 0 Å². The molecule has 0 amide bonds. The molecular weight excluding hydrogens is 398 g/mol. The molecule has 0 bridgehead atoms. The van der Waals surface area contributed by atoms with Gasteiger partial charge < -0.3 is 10.4 Å². The molecule has 7 heteroatoms. The number of hydrogen-bond acceptors (Lipinski definition) is 6. The zero-order chi connectivity index (χ0) is 21.5. The Morgan fingerprint density at radius 2 is 1.73 bits per heavy atom. The van der Waals surface area contributed by atoms with Crippen molar-refractivity contribution in [2.24, 2.45) is 0 Å². The van der Waals surface area contributed by atoms with Crippen molar-refractivity contribution in [2.75, 3.05) is 5.32 Å². The summed E-state index contributed by atoms with van der Waals surface area (Å²) in [6, 6.07) is 15.8. The lowest BCUT2D eigenvalue weighted by molar-refractivity contribution is 0.471. The third-order valence-corrected chi connectivity index (χ3v) is 4.80. The summed E-state index contributed by atoms with van der Waals surface area (Å²) in [4.78, 5) is 12.8. The Labute approximate surface area is 179 Å². The van der Waals surface area contributed by atoms with Crippen molar-refractivity contribution in [3.05, 3.63) is 88.8 Å². The number of hydrogen-bond donors (Lipinski definition) is 2. The smallest absolute Gasteiger partial charge is 0.149 e. The first-order valence-corrected chi connectivity index (χ1v) is 9.85. The van der Waals surface area contributed by atoms with Crippen LogP contribution >= 0.6 is 11.6 Å². The van der Waals surface area contributed by atoms with Gasteiger partial charge in [-0.15, -0.1) is 0 Å². The van der Waals surface area contributed by atoms with E-state index in [4.69, 9.17) is 11.6 Å². The van der Waals surface area contributed by atoms with Crippen molar-refractivity contribution in [2.45, 2.75) is 19.9 Å². The van der Waals surface area contributed by atoms with Gasteiger partial charge in [0.25, 0.3) is 0 Å². The SMILES string of the molecule is CC.N#Cc1cccc(C(Nc2ccccn2)c2ccc3nccnc3c2O)c1Cl. The molecule has 4 rings (SSSR count). The summed E-state index contributed by atoms with van der Waals surface area (Å²) in [5.41, 5.74) is 2.52. The third-order valence-electron chi connectivity index (χ3n) is 4.37. The van der Waals surface area contributed by atoms with Gasteiger partial charge in [-0.25, -0.2) is 9.97 Å². The lowest BCUT2D eigenvalue weighted by Gasteiger charge is -2.23. The summed E-state index contributed by atoms with van der Waals surface area (Å²) >= 11 is 6.50. The highest BCUT2D eigenvalue weighted by atomic mass is 35.5. The molecule has 0 saturated heterocycles. The van der Waals surface area contributed by atoms with Crippen molar-refractivity contribution in [1.82, 2.24) is 15.0 Å². The van der Waals surface area contributed by atoms with Gasteiger partial charge in [0.1, 0.15) is 23.2 Å². The number of fused-ring (bicyclic) bond motifs is 1. The van der Waals surface area contributed by atoms with Crippen LogP contribution in [-0.4, -0.2) is 20.1 Å². The molecule has 0 radical (unpaired) electrons. The normalized spacial score (nSPS) is 11.1. The minimum atomic E-state index is -0.554. The van der Waals surface area contributed by atoms with Crippen LogP contribution in [0.25, 0.3) is 11.0 Å². The average molecular weight is 418 g/mol. The number of nitrogens with one attached hydrogen (secondary N) is 1. The van der Waals surface area contributed by atoms with Gasteiger partial charge in [0.15, 0.2) is 0 Å². The summed E-state index contributed by atoms with van der Waals surface area (Å²) in [5.74, 6) is 0.599. The number of phenolic OH excluding ortho intramolecular Hbond substituents is 1. The number of phenols is 1. The van der Waals surface area contributed by atoms with E-state index in [-0.39, 0.29) is 5.75 Å². The van der Waals surface area contributed by atoms with Crippen LogP contribution in [0.15, 0.2) is 67.1 Å². The van der Waals surface area contributed by atoms with Crippen molar-refractivity contribution < 1.29 is 5.11 Å². The molecule has 2 aromatic carbocycles. The first-order valence-electron chi connectivity index (χ1n) is 9.47. The molecule has 1 unspecified atom stereocenters. The number of pyridine rings is 1. The van der Waals surface area contributed by atoms with Crippen molar-refractivity contribution in [1.29, 1.82) is 5.26 Å². The fourth-order valence-corrected chi connectivity index (χ4v) is 3.33. The van der Waals surface area contributed by atoms with Crippen LogP contribution in [0.4, 0.5) is 5.82 Å². The minimum Gasteiger partial charge on any atom is -0.505 e.